The highest BCUT2D eigenvalue weighted by Gasteiger charge is 2.30. The van der Waals surface area contributed by atoms with E-state index in [0.717, 1.165) is 6.07 Å². The van der Waals surface area contributed by atoms with E-state index >= 15 is 0 Å². The molecule has 0 saturated heterocycles. The zero-order chi connectivity index (χ0) is 25.0. The molecule has 0 radical (unpaired) electrons. The normalized spacial score (nSPS) is 11.5. The number of aliphatic hydroxyl groups is 1. The minimum absolute atomic E-state index is 0.0473. The van der Waals surface area contributed by atoms with Crippen LogP contribution in [0.25, 0.3) is 22.6 Å². The lowest BCUT2D eigenvalue weighted by atomic mass is 10.1. The number of nitrogens with zero attached hydrogens (tertiary/aromatic N) is 5. The molecule has 0 aliphatic rings. The molecule has 0 spiro atoms. The van der Waals surface area contributed by atoms with Gasteiger partial charge in [-0.2, -0.15) is 13.2 Å². The van der Waals surface area contributed by atoms with E-state index in [9.17, 15) is 22.4 Å². The minimum Gasteiger partial charge on any atom is -0.395 e. The van der Waals surface area contributed by atoms with Crippen LogP contribution in [-0.2, 0) is 12.9 Å². The van der Waals surface area contributed by atoms with Gasteiger partial charge >= 0.3 is 6.18 Å². The number of anilines is 2. The van der Waals surface area contributed by atoms with Crippen LogP contribution in [0.4, 0.5) is 29.1 Å². The van der Waals surface area contributed by atoms with Gasteiger partial charge in [-0.05, 0) is 24.3 Å². The predicted molar refractivity (Wildman–Crippen MR) is 117 cm³/mol. The van der Waals surface area contributed by atoms with Gasteiger partial charge in [-0.3, -0.25) is 9.78 Å². The Labute approximate surface area is 195 Å². The van der Waals surface area contributed by atoms with E-state index in [4.69, 9.17) is 5.11 Å². The molecule has 0 fully saturated rings. The first-order chi connectivity index (χ1) is 16.8. The highest BCUT2D eigenvalue weighted by molar-refractivity contribution is 5.94. The molecule has 13 heteroatoms. The molecule has 4 aromatic heterocycles. The molecule has 0 atom stereocenters. The Balaban J connectivity index is 1.63. The smallest absolute Gasteiger partial charge is 0.395 e. The van der Waals surface area contributed by atoms with E-state index in [2.05, 4.69) is 35.6 Å². The third-order valence-electron chi connectivity index (χ3n) is 4.81. The summed E-state index contributed by atoms with van der Waals surface area (Å²) in [7, 11) is 0. The minimum atomic E-state index is -4.50. The zero-order valence-corrected chi connectivity index (χ0v) is 17.8. The van der Waals surface area contributed by atoms with Crippen LogP contribution in [0.2, 0.25) is 0 Å². The molecule has 9 nitrogen and oxygen atoms in total. The first-order valence-corrected chi connectivity index (χ1v) is 10.2. The van der Waals surface area contributed by atoms with Gasteiger partial charge in [0.25, 0.3) is 5.91 Å². The van der Waals surface area contributed by atoms with Gasteiger partial charge in [0.1, 0.15) is 23.7 Å². The maximum Gasteiger partial charge on any atom is 0.417 e. The molecule has 4 aromatic rings. The van der Waals surface area contributed by atoms with Crippen molar-refractivity contribution >= 4 is 28.6 Å². The van der Waals surface area contributed by atoms with Crippen molar-refractivity contribution in [1.29, 1.82) is 0 Å². The van der Waals surface area contributed by atoms with Crippen molar-refractivity contribution in [1.82, 2.24) is 30.2 Å². The number of halogens is 4. The quantitative estimate of drug-likeness (QED) is 0.339. The van der Waals surface area contributed by atoms with Crippen LogP contribution in [0.3, 0.4) is 0 Å². The number of nitrogens with one attached hydrogen (secondary N) is 2. The third kappa shape index (κ3) is 5.30. The van der Waals surface area contributed by atoms with Crippen molar-refractivity contribution in [3.05, 3.63) is 65.7 Å². The maximum atomic E-state index is 13.7. The molecule has 4 rings (SSSR count). The Morgan fingerprint density at radius 2 is 1.86 bits per heavy atom. The van der Waals surface area contributed by atoms with Crippen LogP contribution in [-0.4, -0.2) is 49.1 Å². The summed E-state index contributed by atoms with van der Waals surface area (Å²) in [6.45, 7) is -1.11. The molecule has 4 heterocycles. The lowest BCUT2D eigenvalue weighted by molar-refractivity contribution is -0.137. The molecule has 0 saturated carbocycles. The number of rotatable bonds is 7. The molecular formula is C22H17F4N7O2. The molecule has 180 valence electrons. The number of carbonyl (C=O) groups is 1. The zero-order valence-electron chi connectivity index (χ0n) is 17.8. The SMILES string of the molecule is O=C(NCCO)c1cnc(-c2cnc3c(Nc4ccc(C(F)(F)F)cn4)ccnc3n2)c(CF)c1. The van der Waals surface area contributed by atoms with Crippen molar-refractivity contribution < 1.29 is 27.5 Å². The molecule has 0 aromatic carbocycles. The first kappa shape index (κ1) is 23.9. The molecule has 35 heavy (non-hydrogen) atoms. The predicted octanol–water partition coefficient (Wildman–Crippen LogP) is 3.44. The maximum absolute atomic E-state index is 13.7. The van der Waals surface area contributed by atoms with Crippen LogP contribution in [0.1, 0.15) is 21.5 Å². The fourth-order valence-electron chi connectivity index (χ4n) is 3.15. The summed E-state index contributed by atoms with van der Waals surface area (Å²) in [6.07, 6.45) is 0.251. The summed E-state index contributed by atoms with van der Waals surface area (Å²) in [5.41, 5.74) is 0.622. The summed E-state index contributed by atoms with van der Waals surface area (Å²) >= 11 is 0. The fraction of sp³-hybridized carbons (Fsp3) is 0.182. The van der Waals surface area contributed by atoms with Crippen LogP contribution >= 0.6 is 0 Å². The van der Waals surface area contributed by atoms with E-state index < -0.39 is 24.3 Å². The Kier molecular flexibility index (Phi) is 6.78. The lowest BCUT2D eigenvalue weighted by Gasteiger charge is -2.11. The molecule has 3 N–H and O–H groups in total. The Morgan fingerprint density at radius 3 is 2.54 bits per heavy atom. The van der Waals surface area contributed by atoms with Crippen molar-refractivity contribution in [2.75, 3.05) is 18.5 Å². The highest BCUT2D eigenvalue weighted by atomic mass is 19.4. The number of alkyl halides is 4. The molecule has 0 aliphatic heterocycles. The highest BCUT2D eigenvalue weighted by Crippen LogP contribution is 2.30. The first-order valence-electron chi connectivity index (χ1n) is 10.2. The standard InChI is InChI=1S/C22H17F4N7O2/c23-8-12-7-13(21(35)28-5-6-34)9-30-18(12)16-11-31-19-15(3-4-27-20(19)33-16)32-17-2-1-14(10-29-17)22(24,25)26/h1-4,7,9-11,34H,5-6,8H2,(H,28,35)(H,27,29,32,33). The second-order valence-corrected chi connectivity index (χ2v) is 7.19. The molecular weight excluding hydrogens is 470 g/mol. The van der Waals surface area contributed by atoms with E-state index in [1.165, 1.54) is 30.7 Å². The summed E-state index contributed by atoms with van der Waals surface area (Å²) in [4.78, 5) is 32.9. The number of aromatic nitrogens is 5. The number of aliphatic hydroxyl groups excluding tert-OH is 1. The summed E-state index contributed by atoms with van der Waals surface area (Å²) < 4.78 is 52.0. The van der Waals surface area contributed by atoms with Gasteiger partial charge < -0.3 is 15.7 Å². The fourth-order valence-corrected chi connectivity index (χ4v) is 3.15. The summed E-state index contributed by atoms with van der Waals surface area (Å²) in [5.74, 6) is -0.348. The number of pyridine rings is 3. The van der Waals surface area contributed by atoms with Crippen molar-refractivity contribution in [2.45, 2.75) is 12.9 Å². The summed E-state index contributed by atoms with van der Waals surface area (Å²) in [6, 6.07) is 4.98. The van der Waals surface area contributed by atoms with Crippen molar-refractivity contribution in [2.24, 2.45) is 0 Å². The van der Waals surface area contributed by atoms with Crippen LogP contribution in [0, 0.1) is 0 Å². The molecule has 0 aliphatic carbocycles. The average Bonchev–Trinajstić information content (AvgIpc) is 2.86. The molecule has 1 amide bonds. The van der Waals surface area contributed by atoms with Crippen LogP contribution in [0.15, 0.2) is 49.1 Å². The van der Waals surface area contributed by atoms with Gasteiger partial charge in [-0.1, -0.05) is 0 Å². The van der Waals surface area contributed by atoms with E-state index in [-0.39, 0.29) is 47.1 Å². The van der Waals surface area contributed by atoms with Gasteiger partial charge in [-0.25, -0.2) is 24.3 Å². The average molecular weight is 487 g/mol. The Hall–Kier alpha value is -4.26. The number of fused-ring (bicyclic) bond motifs is 1. The van der Waals surface area contributed by atoms with E-state index in [1.807, 2.05) is 0 Å². The van der Waals surface area contributed by atoms with Crippen molar-refractivity contribution in [3.8, 4) is 11.4 Å². The number of hydrogen-bond donors (Lipinski definition) is 3. The Bertz CT molecular complexity index is 1360. The Morgan fingerprint density at radius 1 is 1.03 bits per heavy atom. The second-order valence-electron chi connectivity index (χ2n) is 7.19. The lowest BCUT2D eigenvalue weighted by Crippen LogP contribution is -2.26. The van der Waals surface area contributed by atoms with Gasteiger partial charge in [-0.15, -0.1) is 0 Å². The van der Waals surface area contributed by atoms with Gasteiger partial charge in [0, 0.05) is 30.7 Å². The number of amides is 1. The van der Waals surface area contributed by atoms with E-state index in [1.54, 1.807) is 6.07 Å². The monoisotopic (exact) mass is 487 g/mol. The van der Waals surface area contributed by atoms with Crippen molar-refractivity contribution in [3.63, 3.8) is 0 Å². The molecule has 0 unspecified atom stereocenters. The second kappa shape index (κ2) is 9.93. The van der Waals surface area contributed by atoms with Gasteiger partial charge in [0.15, 0.2) is 5.65 Å². The molecule has 0 bridgehead atoms. The number of hydrogen-bond acceptors (Lipinski definition) is 8. The largest absolute Gasteiger partial charge is 0.417 e. The van der Waals surface area contributed by atoms with Crippen LogP contribution in [0.5, 0.6) is 0 Å². The topological polar surface area (TPSA) is 126 Å². The van der Waals surface area contributed by atoms with Crippen LogP contribution < -0.4 is 10.6 Å². The number of carbonyl (C=O) groups excluding carboxylic acids is 1. The van der Waals surface area contributed by atoms with E-state index in [0.29, 0.717) is 17.4 Å². The summed E-state index contributed by atoms with van der Waals surface area (Å²) in [5, 5.41) is 14.2. The van der Waals surface area contributed by atoms with Gasteiger partial charge in [0.2, 0.25) is 0 Å². The van der Waals surface area contributed by atoms with Gasteiger partial charge in [0.05, 0.1) is 35.3 Å². The third-order valence-corrected chi connectivity index (χ3v) is 4.81.